The summed E-state index contributed by atoms with van der Waals surface area (Å²) in [6, 6.07) is 4.81. The van der Waals surface area contributed by atoms with Gasteiger partial charge in [0.15, 0.2) is 4.77 Å². The lowest BCUT2D eigenvalue weighted by atomic mass is 9.82. The van der Waals surface area contributed by atoms with Crippen molar-refractivity contribution in [1.29, 1.82) is 0 Å². The Kier molecular flexibility index (Phi) is 3.44. The summed E-state index contributed by atoms with van der Waals surface area (Å²) in [5, 5.41) is 0. The lowest BCUT2D eigenvalue weighted by Crippen LogP contribution is -2.18. The van der Waals surface area contributed by atoms with Gasteiger partial charge in [0, 0.05) is 6.54 Å². The van der Waals surface area contributed by atoms with Gasteiger partial charge in [0.05, 0.1) is 11.0 Å². The molecule has 19 heavy (non-hydrogen) atoms. The number of aromatic nitrogens is 2. The second-order valence-electron chi connectivity index (χ2n) is 5.84. The van der Waals surface area contributed by atoms with Crippen LogP contribution in [-0.4, -0.2) is 9.55 Å². The molecule has 2 atom stereocenters. The van der Waals surface area contributed by atoms with Crippen molar-refractivity contribution in [2.75, 3.05) is 0 Å². The molecule has 2 unspecified atom stereocenters. The van der Waals surface area contributed by atoms with Crippen LogP contribution >= 0.6 is 12.2 Å². The van der Waals surface area contributed by atoms with Crippen LogP contribution < -0.4 is 0 Å². The molecule has 1 aliphatic rings. The predicted molar refractivity (Wildman–Crippen MR) is 78.2 cm³/mol. The number of nitrogens with zero attached hydrogens (tertiary/aromatic N) is 1. The number of nitrogens with one attached hydrogen (secondary N) is 1. The molecule has 1 fully saturated rings. The Morgan fingerprint density at radius 2 is 2.26 bits per heavy atom. The molecule has 3 rings (SSSR count). The lowest BCUT2D eigenvalue weighted by molar-refractivity contribution is 0.258. The van der Waals surface area contributed by atoms with Gasteiger partial charge in [-0.3, -0.25) is 0 Å². The van der Waals surface area contributed by atoms with E-state index < -0.39 is 0 Å². The van der Waals surface area contributed by atoms with Crippen LogP contribution in [0.5, 0.6) is 0 Å². The molecule has 0 amide bonds. The molecule has 0 saturated heterocycles. The number of benzene rings is 1. The molecular formula is C15H19FN2S. The lowest BCUT2D eigenvalue weighted by Gasteiger charge is -2.27. The number of aromatic amines is 1. The summed E-state index contributed by atoms with van der Waals surface area (Å²) in [5.74, 6) is 1.26. The Morgan fingerprint density at radius 1 is 1.42 bits per heavy atom. The van der Waals surface area contributed by atoms with E-state index in [-0.39, 0.29) is 5.82 Å². The van der Waals surface area contributed by atoms with E-state index in [1.54, 1.807) is 12.1 Å². The fourth-order valence-electron chi connectivity index (χ4n) is 3.29. The number of fused-ring (bicyclic) bond motifs is 1. The number of hydrogen-bond donors (Lipinski definition) is 1. The minimum absolute atomic E-state index is 0.202. The minimum Gasteiger partial charge on any atom is -0.331 e. The van der Waals surface area contributed by atoms with Crippen LogP contribution in [0, 0.1) is 22.4 Å². The van der Waals surface area contributed by atoms with Gasteiger partial charge in [-0.15, -0.1) is 0 Å². The van der Waals surface area contributed by atoms with Gasteiger partial charge in [-0.2, -0.15) is 0 Å². The van der Waals surface area contributed by atoms with Crippen molar-refractivity contribution in [3.63, 3.8) is 0 Å². The normalized spacial score (nSPS) is 23.9. The molecule has 102 valence electrons. The average Bonchev–Trinajstić information content (AvgIpc) is 2.66. The third-order valence-electron chi connectivity index (χ3n) is 4.22. The van der Waals surface area contributed by atoms with Gasteiger partial charge in [-0.25, -0.2) is 4.39 Å². The molecule has 0 aliphatic heterocycles. The van der Waals surface area contributed by atoms with E-state index in [1.165, 1.54) is 31.7 Å². The molecule has 0 radical (unpaired) electrons. The molecule has 4 heteroatoms. The number of halogens is 1. The van der Waals surface area contributed by atoms with Gasteiger partial charge in [0.25, 0.3) is 0 Å². The molecule has 1 N–H and O–H groups in total. The quantitative estimate of drug-likeness (QED) is 0.792. The van der Waals surface area contributed by atoms with Gasteiger partial charge in [0.1, 0.15) is 5.82 Å². The zero-order chi connectivity index (χ0) is 13.4. The molecule has 1 aliphatic carbocycles. The SMILES string of the molecule is CC1CCCC(Cn2c(=S)[nH]c3ccc(F)cc32)C1. The van der Waals surface area contributed by atoms with E-state index in [1.807, 2.05) is 0 Å². The highest BCUT2D eigenvalue weighted by atomic mass is 32.1. The zero-order valence-corrected chi connectivity index (χ0v) is 12.0. The number of rotatable bonds is 2. The molecule has 1 saturated carbocycles. The Balaban J connectivity index is 1.93. The van der Waals surface area contributed by atoms with Crippen LogP contribution in [0.4, 0.5) is 4.39 Å². The van der Waals surface area contributed by atoms with Crippen molar-refractivity contribution >= 4 is 23.3 Å². The first-order valence-electron chi connectivity index (χ1n) is 7.01. The van der Waals surface area contributed by atoms with Crippen LogP contribution in [0.1, 0.15) is 32.6 Å². The number of imidazole rings is 1. The second kappa shape index (κ2) is 5.08. The summed E-state index contributed by atoms with van der Waals surface area (Å²) in [5.41, 5.74) is 1.82. The van der Waals surface area contributed by atoms with E-state index in [0.29, 0.717) is 10.7 Å². The molecule has 1 aromatic carbocycles. The highest BCUT2D eigenvalue weighted by Crippen LogP contribution is 2.30. The maximum atomic E-state index is 13.4. The molecular weight excluding hydrogens is 259 g/mol. The van der Waals surface area contributed by atoms with Gasteiger partial charge >= 0.3 is 0 Å². The van der Waals surface area contributed by atoms with Gasteiger partial charge in [-0.1, -0.05) is 19.8 Å². The highest BCUT2D eigenvalue weighted by Gasteiger charge is 2.20. The summed E-state index contributed by atoms with van der Waals surface area (Å²) >= 11 is 5.38. The Labute approximate surface area is 117 Å². The standard InChI is InChI=1S/C15H19FN2S/c1-10-3-2-4-11(7-10)9-18-14-8-12(16)5-6-13(14)17-15(18)19/h5-6,8,10-11H,2-4,7,9H2,1H3,(H,17,19). The number of hydrogen-bond acceptors (Lipinski definition) is 1. The van der Waals surface area contributed by atoms with Crippen LogP contribution in [0.3, 0.4) is 0 Å². The van der Waals surface area contributed by atoms with Gasteiger partial charge < -0.3 is 9.55 Å². The van der Waals surface area contributed by atoms with Crippen molar-refractivity contribution in [2.24, 2.45) is 11.8 Å². The van der Waals surface area contributed by atoms with Crippen molar-refractivity contribution < 1.29 is 4.39 Å². The Bertz CT molecular complexity index is 643. The van der Waals surface area contributed by atoms with Crippen molar-refractivity contribution in [3.05, 3.63) is 28.8 Å². The van der Waals surface area contributed by atoms with Crippen LogP contribution in [0.2, 0.25) is 0 Å². The zero-order valence-electron chi connectivity index (χ0n) is 11.2. The van der Waals surface area contributed by atoms with E-state index >= 15 is 0 Å². The molecule has 2 aromatic rings. The number of H-pyrrole nitrogens is 1. The predicted octanol–water partition coefficient (Wildman–Crippen LogP) is 4.66. The first kappa shape index (κ1) is 12.9. The van der Waals surface area contributed by atoms with E-state index in [0.717, 1.165) is 23.5 Å². The van der Waals surface area contributed by atoms with Gasteiger partial charge in [0.2, 0.25) is 0 Å². The maximum Gasteiger partial charge on any atom is 0.178 e. The summed E-state index contributed by atoms with van der Waals surface area (Å²) < 4.78 is 16.2. The van der Waals surface area contributed by atoms with Crippen LogP contribution in [0.15, 0.2) is 18.2 Å². The molecule has 1 heterocycles. The Hall–Kier alpha value is -1.16. The molecule has 2 nitrogen and oxygen atoms in total. The first-order chi connectivity index (χ1) is 9.13. The third-order valence-corrected chi connectivity index (χ3v) is 4.55. The minimum atomic E-state index is -0.202. The van der Waals surface area contributed by atoms with Crippen molar-refractivity contribution in [1.82, 2.24) is 9.55 Å². The molecule has 1 aromatic heterocycles. The largest absolute Gasteiger partial charge is 0.331 e. The fraction of sp³-hybridized carbons (Fsp3) is 0.533. The molecule has 0 spiro atoms. The topological polar surface area (TPSA) is 20.7 Å². The smallest absolute Gasteiger partial charge is 0.178 e. The van der Waals surface area contributed by atoms with Crippen LogP contribution in [-0.2, 0) is 6.54 Å². The first-order valence-corrected chi connectivity index (χ1v) is 7.42. The Morgan fingerprint density at radius 3 is 3.05 bits per heavy atom. The van der Waals surface area contributed by atoms with E-state index in [9.17, 15) is 4.39 Å². The fourth-order valence-corrected chi connectivity index (χ4v) is 3.57. The summed E-state index contributed by atoms with van der Waals surface area (Å²) in [7, 11) is 0. The maximum absolute atomic E-state index is 13.4. The van der Waals surface area contributed by atoms with Crippen molar-refractivity contribution in [3.8, 4) is 0 Å². The third kappa shape index (κ3) is 2.59. The highest BCUT2D eigenvalue weighted by molar-refractivity contribution is 7.71. The monoisotopic (exact) mass is 278 g/mol. The molecule has 0 bridgehead atoms. The van der Waals surface area contributed by atoms with E-state index in [2.05, 4.69) is 16.5 Å². The average molecular weight is 278 g/mol. The summed E-state index contributed by atoms with van der Waals surface area (Å²) in [6.45, 7) is 3.23. The van der Waals surface area contributed by atoms with Gasteiger partial charge in [-0.05, 0) is 55.1 Å². The second-order valence-corrected chi connectivity index (χ2v) is 6.23. The van der Waals surface area contributed by atoms with Crippen molar-refractivity contribution in [2.45, 2.75) is 39.2 Å². The van der Waals surface area contributed by atoms with Crippen LogP contribution in [0.25, 0.3) is 11.0 Å². The van der Waals surface area contributed by atoms with E-state index in [4.69, 9.17) is 12.2 Å². The summed E-state index contributed by atoms with van der Waals surface area (Å²) in [6.07, 6.45) is 5.15. The summed E-state index contributed by atoms with van der Waals surface area (Å²) in [4.78, 5) is 3.17.